The topological polar surface area (TPSA) is 40.5 Å². The zero-order valence-electron chi connectivity index (χ0n) is 22.2. The molecule has 10 atom stereocenters. The van der Waals surface area contributed by atoms with Gasteiger partial charge in [0.15, 0.2) is 0 Å². The molecule has 0 aromatic carbocycles. The molecule has 0 aromatic heterocycles. The molecule has 4 aliphatic carbocycles. The smallest absolute Gasteiger partial charge is 0.0648 e. The first kappa shape index (κ1) is 24.8. The van der Waals surface area contributed by atoms with E-state index in [2.05, 4.69) is 60.6 Å². The van der Waals surface area contributed by atoms with Crippen LogP contribution in [0, 0.1) is 51.8 Å². The Kier molecular flexibility index (Phi) is 6.50. The first-order valence-electron chi connectivity index (χ1n) is 13.9. The Labute approximate surface area is 198 Å². The first-order chi connectivity index (χ1) is 14.8. The van der Waals surface area contributed by atoms with Crippen molar-refractivity contribution in [3.05, 3.63) is 12.2 Å². The summed E-state index contributed by atoms with van der Waals surface area (Å²) in [7, 11) is 0. The van der Waals surface area contributed by atoms with Gasteiger partial charge in [0.2, 0.25) is 0 Å². The Bertz CT molecular complexity index is 706. The molecule has 3 fully saturated rings. The van der Waals surface area contributed by atoms with Gasteiger partial charge in [-0.1, -0.05) is 60.6 Å². The summed E-state index contributed by atoms with van der Waals surface area (Å²) in [6.07, 6.45) is 16.3. The normalized spacial score (nSPS) is 48.0. The third kappa shape index (κ3) is 4.15. The van der Waals surface area contributed by atoms with Crippen LogP contribution < -0.4 is 0 Å². The maximum atomic E-state index is 11.1. The van der Waals surface area contributed by atoms with E-state index < -0.39 is 5.60 Å². The zero-order chi connectivity index (χ0) is 23.5. The van der Waals surface area contributed by atoms with Crippen molar-refractivity contribution >= 4 is 0 Å². The van der Waals surface area contributed by atoms with Gasteiger partial charge >= 0.3 is 0 Å². The quantitative estimate of drug-likeness (QED) is 0.434. The van der Waals surface area contributed by atoms with Gasteiger partial charge < -0.3 is 10.2 Å². The van der Waals surface area contributed by atoms with E-state index in [4.69, 9.17) is 0 Å². The first-order valence-corrected chi connectivity index (χ1v) is 13.9. The lowest BCUT2D eigenvalue weighted by Gasteiger charge is -2.62. The van der Waals surface area contributed by atoms with Crippen molar-refractivity contribution < 1.29 is 10.2 Å². The van der Waals surface area contributed by atoms with Gasteiger partial charge in [0.05, 0.1) is 11.7 Å². The van der Waals surface area contributed by atoms with E-state index in [0.717, 1.165) is 43.9 Å². The molecule has 2 N–H and O–H groups in total. The van der Waals surface area contributed by atoms with E-state index in [1.165, 1.54) is 32.1 Å². The molecule has 184 valence electrons. The van der Waals surface area contributed by atoms with Gasteiger partial charge in [-0.15, -0.1) is 0 Å². The molecule has 0 radical (unpaired) electrons. The maximum Gasteiger partial charge on any atom is 0.0648 e. The van der Waals surface area contributed by atoms with E-state index in [1.807, 2.05) is 0 Å². The van der Waals surface area contributed by atoms with Crippen LogP contribution in [0.25, 0.3) is 0 Å². The Morgan fingerprint density at radius 3 is 2.38 bits per heavy atom. The van der Waals surface area contributed by atoms with Gasteiger partial charge in [-0.3, -0.25) is 0 Å². The van der Waals surface area contributed by atoms with Crippen LogP contribution in [-0.2, 0) is 0 Å². The third-order valence-electron chi connectivity index (χ3n) is 11.4. The summed E-state index contributed by atoms with van der Waals surface area (Å²) in [6, 6.07) is 0. The second kappa shape index (κ2) is 8.40. The van der Waals surface area contributed by atoms with Crippen LogP contribution in [0.1, 0.15) is 113 Å². The van der Waals surface area contributed by atoms with Crippen molar-refractivity contribution in [2.45, 2.75) is 124 Å². The van der Waals surface area contributed by atoms with E-state index in [1.54, 1.807) is 0 Å². The van der Waals surface area contributed by atoms with Crippen molar-refractivity contribution in [2.75, 3.05) is 0 Å². The SMILES string of the molecule is CC[C@]1(O)CC[C@@]2(C)C(CC[C@H]3[C@@H]4C=C[C@H]([C@H](C)[C@@H](O)CCC(C)(C)C)[C@@]4(C)CC[C@@H]32)C1. The minimum absolute atomic E-state index is 0.199. The van der Waals surface area contributed by atoms with Crippen LogP contribution in [0.3, 0.4) is 0 Å². The summed E-state index contributed by atoms with van der Waals surface area (Å²) in [5.41, 5.74) is 0.604. The van der Waals surface area contributed by atoms with Gasteiger partial charge in [0.1, 0.15) is 0 Å². The van der Waals surface area contributed by atoms with Crippen LogP contribution >= 0.6 is 0 Å². The Morgan fingerprint density at radius 2 is 1.72 bits per heavy atom. The van der Waals surface area contributed by atoms with Crippen molar-refractivity contribution in [1.82, 2.24) is 0 Å². The van der Waals surface area contributed by atoms with Crippen LogP contribution in [0.2, 0.25) is 0 Å². The molecular weight excluding hydrogens is 392 g/mol. The number of rotatable bonds is 5. The molecule has 32 heavy (non-hydrogen) atoms. The molecule has 0 aromatic rings. The predicted molar refractivity (Wildman–Crippen MR) is 134 cm³/mol. The molecule has 4 aliphatic rings. The number of aliphatic hydroxyl groups is 2. The molecule has 4 rings (SSSR count). The number of hydrogen-bond donors (Lipinski definition) is 2. The second-order valence-electron chi connectivity index (χ2n) is 14.3. The summed E-state index contributed by atoms with van der Waals surface area (Å²) in [5, 5.41) is 22.1. The fourth-order valence-electron chi connectivity index (χ4n) is 8.99. The Balaban J connectivity index is 1.48. The molecule has 1 unspecified atom stereocenters. The highest BCUT2D eigenvalue weighted by atomic mass is 16.3. The maximum absolute atomic E-state index is 11.1. The van der Waals surface area contributed by atoms with Crippen LogP contribution in [0.5, 0.6) is 0 Å². The van der Waals surface area contributed by atoms with Gasteiger partial charge in [-0.25, -0.2) is 0 Å². The van der Waals surface area contributed by atoms with E-state index >= 15 is 0 Å². The van der Waals surface area contributed by atoms with Gasteiger partial charge in [0.25, 0.3) is 0 Å². The predicted octanol–water partition coefficient (Wildman–Crippen LogP) is 7.39. The molecule has 0 spiro atoms. The molecule has 0 heterocycles. The summed E-state index contributed by atoms with van der Waals surface area (Å²) < 4.78 is 0. The Morgan fingerprint density at radius 1 is 1.00 bits per heavy atom. The lowest BCUT2D eigenvalue weighted by Crippen LogP contribution is -2.56. The van der Waals surface area contributed by atoms with Gasteiger partial charge in [-0.2, -0.15) is 0 Å². The summed E-state index contributed by atoms with van der Waals surface area (Å²) in [5.74, 6) is 3.82. The largest absolute Gasteiger partial charge is 0.393 e. The summed E-state index contributed by atoms with van der Waals surface area (Å²) in [6.45, 7) is 16.5. The minimum Gasteiger partial charge on any atom is -0.393 e. The average Bonchev–Trinajstić information content (AvgIpc) is 3.08. The molecule has 2 nitrogen and oxygen atoms in total. The van der Waals surface area contributed by atoms with Crippen molar-refractivity contribution in [1.29, 1.82) is 0 Å². The average molecular weight is 445 g/mol. The number of fused-ring (bicyclic) bond motifs is 5. The van der Waals surface area contributed by atoms with E-state index in [-0.39, 0.29) is 11.5 Å². The monoisotopic (exact) mass is 444 g/mol. The second-order valence-corrected chi connectivity index (χ2v) is 14.3. The van der Waals surface area contributed by atoms with Crippen molar-refractivity contribution in [3.63, 3.8) is 0 Å². The fraction of sp³-hybridized carbons (Fsp3) is 0.933. The molecule has 0 saturated heterocycles. The van der Waals surface area contributed by atoms with Gasteiger partial charge in [-0.05, 0) is 116 Å². The molecule has 0 amide bonds. The lowest BCUT2D eigenvalue weighted by molar-refractivity contribution is -0.150. The molecule has 0 bridgehead atoms. The molecule has 0 aliphatic heterocycles. The highest BCUT2D eigenvalue weighted by Crippen LogP contribution is 2.67. The highest BCUT2D eigenvalue weighted by molar-refractivity contribution is 5.20. The lowest BCUT2D eigenvalue weighted by atomic mass is 9.43. The van der Waals surface area contributed by atoms with Crippen LogP contribution in [-0.4, -0.2) is 21.9 Å². The van der Waals surface area contributed by atoms with Crippen LogP contribution in [0.15, 0.2) is 12.2 Å². The van der Waals surface area contributed by atoms with E-state index in [9.17, 15) is 10.2 Å². The van der Waals surface area contributed by atoms with Crippen LogP contribution in [0.4, 0.5) is 0 Å². The summed E-state index contributed by atoms with van der Waals surface area (Å²) in [4.78, 5) is 0. The zero-order valence-corrected chi connectivity index (χ0v) is 22.2. The van der Waals surface area contributed by atoms with Crippen molar-refractivity contribution in [3.8, 4) is 0 Å². The highest BCUT2D eigenvalue weighted by Gasteiger charge is 2.60. The van der Waals surface area contributed by atoms with Gasteiger partial charge in [0, 0.05) is 0 Å². The van der Waals surface area contributed by atoms with E-state index in [0.29, 0.717) is 34.5 Å². The van der Waals surface area contributed by atoms with Crippen molar-refractivity contribution in [2.24, 2.45) is 51.8 Å². The molecule has 2 heteroatoms. The third-order valence-corrected chi connectivity index (χ3v) is 11.4. The minimum atomic E-state index is -0.406. The molecular formula is C30H52O2. The fourth-order valence-corrected chi connectivity index (χ4v) is 8.99. The number of aliphatic hydroxyl groups excluding tert-OH is 1. The standard InChI is InChI=1S/C30H52O2/c1-8-30(32)18-17-28(6)21(19-30)9-10-22-24-12-11-23(29(24,7)16-13-25(22)28)20(2)26(31)14-15-27(3,4)5/h11-12,20-26,31-32H,8-10,13-19H2,1-7H3/t20-,21?,22-,23+,24-,25-,26-,28-,29+,30-/m0/s1. The number of allylic oxidation sites excluding steroid dienone is 2. The Hall–Kier alpha value is -0.340. The number of hydrogen-bond acceptors (Lipinski definition) is 2. The molecule has 3 saturated carbocycles. The summed E-state index contributed by atoms with van der Waals surface area (Å²) >= 11 is 0.